The van der Waals surface area contributed by atoms with Crippen LogP contribution in [0.5, 0.6) is 0 Å². The molecule has 1 rings (SSSR count). The fourth-order valence-corrected chi connectivity index (χ4v) is 1.72. The van der Waals surface area contributed by atoms with Gasteiger partial charge in [0.25, 0.3) is 0 Å². The largest absolute Gasteiger partial charge is 0.463 e. The van der Waals surface area contributed by atoms with Gasteiger partial charge in [-0.05, 0) is 12.5 Å². The van der Waals surface area contributed by atoms with E-state index in [1.807, 2.05) is 0 Å². The fourth-order valence-electron chi connectivity index (χ4n) is 1.72. The molecule has 6 heteroatoms. The van der Waals surface area contributed by atoms with Crippen molar-refractivity contribution in [1.29, 1.82) is 0 Å². The third-order valence-electron chi connectivity index (χ3n) is 3.08. The number of esters is 1. The van der Waals surface area contributed by atoms with E-state index in [1.165, 1.54) is 0 Å². The van der Waals surface area contributed by atoms with Crippen LogP contribution in [-0.4, -0.2) is 24.6 Å². The zero-order valence-electron chi connectivity index (χ0n) is 14.4. The lowest BCUT2D eigenvalue weighted by Gasteiger charge is -2.21. The quantitative estimate of drug-likeness (QED) is 0.661. The van der Waals surface area contributed by atoms with Gasteiger partial charge in [-0.3, -0.25) is 10.1 Å². The standard InChI is InChI=1S/C18H23NO5/c1-6-23-15(20)12(2)14(13-10-8-7-9-11-13)24-17(22)19-16(21)18(3,4)5/h7-11,14H,2,6H2,1,3-5H3,(H,19,21,22). The van der Waals surface area contributed by atoms with E-state index >= 15 is 0 Å². The van der Waals surface area contributed by atoms with Gasteiger partial charge < -0.3 is 9.47 Å². The Morgan fingerprint density at radius 3 is 2.25 bits per heavy atom. The van der Waals surface area contributed by atoms with Gasteiger partial charge in [0.05, 0.1) is 12.2 Å². The molecule has 0 bridgehead atoms. The first-order valence-electron chi connectivity index (χ1n) is 7.59. The Balaban J connectivity index is 2.95. The summed E-state index contributed by atoms with van der Waals surface area (Å²) in [5.41, 5.74) is -0.227. The van der Waals surface area contributed by atoms with Crippen LogP contribution < -0.4 is 5.32 Å². The molecular formula is C18H23NO5. The highest BCUT2D eigenvalue weighted by Gasteiger charge is 2.29. The van der Waals surface area contributed by atoms with Crippen molar-refractivity contribution < 1.29 is 23.9 Å². The Hall–Kier alpha value is -2.63. The van der Waals surface area contributed by atoms with Crippen LogP contribution in [0, 0.1) is 5.41 Å². The summed E-state index contributed by atoms with van der Waals surface area (Å²) in [6.45, 7) is 10.5. The average Bonchev–Trinajstić information content (AvgIpc) is 2.52. The first kappa shape index (κ1) is 19.4. The minimum atomic E-state index is -1.04. The molecule has 0 heterocycles. The molecule has 1 aromatic rings. The highest BCUT2D eigenvalue weighted by Crippen LogP contribution is 2.26. The Morgan fingerprint density at radius 2 is 1.75 bits per heavy atom. The number of imide groups is 1. The Bertz CT molecular complexity index is 616. The molecule has 0 aliphatic rings. The number of hydrogen-bond acceptors (Lipinski definition) is 5. The maximum absolute atomic E-state index is 12.0. The summed E-state index contributed by atoms with van der Waals surface area (Å²) < 4.78 is 10.2. The Morgan fingerprint density at radius 1 is 1.17 bits per heavy atom. The number of ether oxygens (including phenoxy) is 2. The van der Waals surface area contributed by atoms with Crippen molar-refractivity contribution in [2.24, 2.45) is 5.41 Å². The van der Waals surface area contributed by atoms with Crippen molar-refractivity contribution in [3.63, 3.8) is 0 Å². The summed E-state index contributed by atoms with van der Waals surface area (Å²) in [7, 11) is 0. The molecule has 0 fully saturated rings. The van der Waals surface area contributed by atoms with E-state index in [4.69, 9.17) is 9.47 Å². The summed E-state index contributed by atoms with van der Waals surface area (Å²) in [5.74, 6) is -1.15. The Kier molecular flexibility index (Phi) is 6.70. The van der Waals surface area contributed by atoms with Gasteiger partial charge in [-0.2, -0.15) is 0 Å². The van der Waals surface area contributed by atoms with Crippen LogP contribution in [0.3, 0.4) is 0 Å². The first-order valence-corrected chi connectivity index (χ1v) is 7.59. The molecule has 6 nitrogen and oxygen atoms in total. The van der Waals surface area contributed by atoms with E-state index in [0.717, 1.165) is 0 Å². The van der Waals surface area contributed by atoms with Gasteiger partial charge in [0.2, 0.25) is 5.91 Å². The molecule has 0 radical (unpaired) electrons. The third-order valence-corrected chi connectivity index (χ3v) is 3.08. The maximum Gasteiger partial charge on any atom is 0.414 e. The molecule has 1 N–H and O–H groups in total. The van der Waals surface area contributed by atoms with Gasteiger partial charge in [0.1, 0.15) is 0 Å². The van der Waals surface area contributed by atoms with Gasteiger partial charge in [0.15, 0.2) is 6.10 Å². The van der Waals surface area contributed by atoms with Gasteiger partial charge in [-0.1, -0.05) is 57.7 Å². The second kappa shape index (κ2) is 8.29. The topological polar surface area (TPSA) is 81.7 Å². The third kappa shape index (κ3) is 5.53. The summed E-state index contributed by atoms with van der Waals surface area (Å²) in [5, 5.41) is 2.15. The number of alkyl carbamates (subject to hydrolysis) is 1. The molecule has 0 saturated heterocycles. The van der Waals surface area contributed by atoms with Crippen LogP contribution in [0.2, 0.25) is 0 Å². The molecule has 0 aliphatic heterocycles. The maximum atomic E-state index is 12.0. The number of carbonyl (C=O) groups is 3. The van der Waals surface area contributed by atoms with Crippen molar-refractivity contribution in [2.75, 3.05) is 6.61 Å². The zero-order valence-corrected chi connectivity index (χ0v) is 14.4. The minimum absolute atomic E-state index is 0.0265. The summed E-state index contributed by atoms with van der Waals surface area (Å²) in [6, 6.07) is 8.64. The molecule has 0 aromatic heterocycles. The van der Waals surface area contributed by atoms with E-state index < -0.39 is 29.5 Å². The summed E-state index contributed by atoms with van der Waals surface area (Å²) >= 11 is 0. The predicted octanol–water partition coefficient (Wildman–Crippen LogP) is 3.15. The van der Waals surface area contributed by atoms with Crippen LogP contribution >= 0.6 is 0 Å². The smallest absolute Gasteiger partial charge is 0.414 e. The highest BCUT2D eigenvalue weighted by atomic mass is 16.6. The normalized spacial score (nSPS) is 12.0. The van der Waals surface area contributed by atoms with Gasteiger partial charge >= 0.3 is 12.1 Å². The van der Waals surface area contributed by atoms with E-state index in [0.29, 0.717) is 5.56 Å². The number of amides is 2. The van der Waals surface area contributed by atoms with Crippen LogP contribution in [0.25, 0.3) is 0 Å². The van der Waals surface area contributed by atoms with E-state index in [1.54, 1.807) is 58.0 Å². The molecule has 130 valence electrons. The number of benzene rings is 1. The van der Waals surface area contributed by atoms with Crippen molar-refractivity contribution in [2.45, 2.75) is 33.8 Å². The fraction of sp³-hybridized carbons (Fsp3) is 0.389. The number of rotatable bonds is 5. The van der Waals surface area contributed by atoms with Crippen molar-refractivity contribution in [1.82, 2.24) is 5.32 Å². The van der Waals surface area contributed by atoms with Gasteiger partial charge in [-0.25, -0.2) is 9.59 Å². The molecule has 24 heavy (non-hydrogen) atoms. The molecule has 1 aromatic carbocycles. The molecule has 0 saturated carbocycles. The summed E-state index contributed by atoms with van der Waals surface area (Å²) in [4.78, 5) is 35.8. The van der Waals surface area contributed by atoms with Crippen LogP contribution in [0.4, 0.5) is 4.79 Å². The molecule has 2 amide bonds. The van der Waals surface area contributed by atoms with E-state index in [9.17, 15) is 14.4 Å². The van der Waals surface area contributed by atoms with Gasteiger partial charge in [-0.15, -0.1) is 0 Å². The lowest BCUT2D eigenvalue weighted by atomic mass is 9.96. The monoisotopic (exact) mass is 333 g/mol. The number of hydrogen-bond donors (Lipinski definition) is 1. The molecule has 0 spiro atoms. The second-order valence-electron chi connectivity index (χ2n) is 6.15. The van der Waals surface area contributed by atoms with Crippen LogP contribution in [-0.2, 0) is 19.1 Å². The molecule has 1 unspecified atom stereocenters. The lowest BCUT2D eigenvalue weighted by molar-refractivity contribution is -0.139. The summed E-state index contributed by atoms with van der Waals surface area (Å²) in [6.07, 6.45) is -1.99. The SMILES string of the molecule is C=C(C(=O)OCC)C(OC(=O)NC(=O)C(C)(C)C)c1ccccc1. The second-order valence-corrected chi connectivity index (χ2v) is 6.15. The minimum Gasteiger partial charge on any atom is -0.463 e. The van der Waals surface area contributed by atoms with Crippen molar-refractivity contribution >= 4 is 18.0 Å². The Labute approximate surface area is 141 Å². The van der Waals surface area contributed by atoms with E-state index in [-0.39, 0.29) is 12.2 Å². The highest BCUT2D eigenvalue weighted by molar-refractivity contribution is 5.95. The molecule has 0 aliphatic carbocycles. The van der Waals surface area contributed by atoms with Crippen LogP contribution in [0.1, 0.15) is 39.4 Å². The zero-order chi connectivity index (χ0) is 18.3. The van der Waals surface area contributed by atoms with Crippen molar-refractivity contribution in [3.8, 4) is 0 Å². The number of nitrogens with one attached hydrogen (secondary N) is 1. The van der Waals surface area contributed by atoms with E-state index in [2.05, 4.69) is 11.9 Å². The molecule has 1 atom stereocenters. The predicted molar refractivity (Wildman–Crippen MR) is 89.0 cm³/mol. The van der Waals surface area contributed by atoms with Gasteiger partial charge in [0, 0.05) is 5.41 Å². The number of carbonyl (C=O) groups excluding carboxylic acids is 3. The average molecular weight is 333 g/mol. The molecular weight excluding hydrogens is 310 g/mol. The van der Waals surface area contributed by atoms with Crippen LogP contribution in [0.15, 0.2) is 42.5 Å². The lowest BCUT2D eigenvalue weighted by Crippen LogP contribution is -2.40. The first-order chi connectivity index (χ1) is 11.2. The van der Waals surface area contributed by atoms with Crippen molar-refractivity contribution in [3.05, 3.63) is 48.0 Å².